The van der Waals surface area contributed by atoms with Crippen molar-refractivity contribution in [3.8, 4) is 0 Å². The summed E-state index contributed by atoms with van der Waals surface area (Å²) in [5, 5.41) is 12.1. The van der Waals surface area contributed by atoms with Gasteiger partial charge >= 0.3 is 5.97 Å². The summed E-state index contributed by atoms with van der Waals surface area (Å²) in [6, 6.07) is 16.5. The monoisotopic (exact) mass is 311 g/mol. The maximum Gasteiger partial charge on any atom is 0.335 e. The highest BCUT2D eigenvalue weighted by molar-refractivity contribution is 5.91. The topological polar surface area (TPSA) is 66.4 Å². The van der Waals surface area contributed by atoms with E-state index in [9.17, 15) is 9.59 Å². The molecule has 0 bridgehead atoms. The van der Waals surface area contributed by atoms with Gasteiger partial charge in [0.1, 0.15) is 0 Å². The lowest BCUT2D eigenvalue weighted by Gasteiger charge is -2.22. The molecule has 2 aromatic rings. The van der Waals surface area contributed by atoms with Gasteiger partial charge in [-0.15, -0.1) is 0 Å². The Balaban J connectivity index is 2.01. The predicted octanol–water partition coefficient (Wildman–Crippen LogP) is 3.24. The van der Waals surface area contributed by atoms with E-state index in [1.165, 1.54) is 6.07 Å². The summed E-state index contributed by atoms with van der Waals surface area (Å²) in [6.07, 6.45) is 0.0638. The van der Waals surface area contributed by atoms with Crippen LogP contribution in [0.2, 0.25) is 0 Å². The second-order valence-electron chi connectivity index (χ2n) is 5.69. The maximum atomic E-state index is 12.2. The van der Waals surface area contributed by atoms with Crippen molar-refractivity contribution in [2.75, 3.05) is 0 Å². The third kappa shape index (κ3) is 4.42. The van der Waals surface area contributed by atoms with E-state index in [0.29, 0.717) is 5.56 Å². The number of nitrogens with one attached hydrogen (secondary N) is 1. The lowest BCUT2D eigenvalue weighted by atomic mass is 9.94. The number of carbonyl (C=O) groups excluding carboxylic acids is 1. The fourth-order valence-corrected chi connectivity index (χ4v) is 2.53. The second-order valence-corrected chi connectivity index (χ2v) is 5.69. The molecule has 2 atom stereocenters. The van der Waals surface area contributed by atoms with E-state index in [0.717, 1.165) is 5.56 Å². The Morgan fingerprint density at radius 3 is 2.26 bits per heavy atom. The van der Waals surface area contributed by atoms with Crippen molar-refractivity contribution in [2.45, 2.75) is 32.2 Å². The van der Waals surface area contributed by atoms with Gasteiger partial charge in [0.15, 0.2) is 0 Å². The first-order chi connectivity index (χ1) is 11.0. The Labute approximate surface area is 136 Å². The van der Waals surface area contributed by atoms with Crippen molar-refractivity contribution in [1.82, 2.24) is 5.32 Å². The van der Waals surface area contributed by atoms with Crippen LogP contribution in [0.4, 0.5) is 0 Å². The van der Waals surface area contributed by atoms with Crippen LogP contribution in [0, 0.1) is 0 Å². The van der Waals surface area contributed by atoms with Gasteiger partial charge in [0.25, 0.3) is 0 Å². The summed E-state index contributed by atoms with van der Waals surface area (Å²) in [5.74, 6) is -1.01. The number of carbonyl (C=O) groups is 2. The molecule has 0 aliphatic carbocycles. The largest absolute Gasteiger partial charge is 0.478 e. The molecule has 23 heavy (non-hydrogen) atoms. The highest BCUT2D eigenvalue weighted by atomic mass is 16.4. The van der Waals surface area contributed by atoms with Crippen molar-refractivity contribution < 1.29 is 14.7 Å². The van der Waals surface area contributed by atoms with Gasteiger partial charge < -0.3 is 10.4 Å². The zero-order valence-electron chi connectivity index (χ0n) is 13.3. The minimum atomic E-state index is -1.01. The molecule has 4 heteroatoms. The van der Waals surface area contributed by atoms with Gasteiger partial charge in [-0.05, 0) is 24.1 Å². The van der Waals surface area contributed by atoms with Gasteiger partial charge in [-0.3, -0.25) is 4.79 Å². The van der Waals surface area contributed by atoms with Gasteiger partial charge in [-0.1, -0.05) is 55.5 Å². The van der Waals surface area contributed by atoms with Gasteiger partial charge in [-0.25, -0.2) is 4.79 Å². The molecule has 2 N–H and O–H groups in total. The highest BCUT2D eigenvalue weighted by Gasteiger charge is 2.18. The van der Waals surface area contributed by atoms with E-state index in [1.54, 1.807) is 18.2 Å². The maximum absolute atomic E-state index is 12.2. The first-order valence-corrected chi connectivity index (χ1v) is 7.64. The summed E-state index contributed by atoms with van der Waals surface area (Å²) in [6.45, 7) is 4.02. The Morgan fingerprint density at radius 2 is 1.61 bits per heavy atom. The number of rotatable bonds is 6. The molecule has 0 aliphatic rings. The number of carboxylic acids is 1. The summed E-state index contributed by atoms with van der Waals surface area (Å²) >= 11 is 0. The lowest BCUT2D eigenvalue weighted by molar-refractivity contribution is -0.121. The first kappa shape index (κ1) is 16.7. The number of carboxylic acid groups (broad SMARTS) is 1. The van der Waals surface area contributed by atoms with E-state index in [4.69, 9.17) is 5.11 Å². The predicted molar refractivity (Wildman–Crippen MR) is 89.6 cm³/mol. The number of amides is 1. The molecule has 120 valence electrons. The van der Waals surface area contributed by atoms with Gasteiger partial charge in [0, 0.05) is 12.0 Å². The van der Waals surface area contributed by atoms with Crippen molar-refractivity contribution >= 4 is 11.9 Å². The molecule has 0 saturated heterocycles. The van der Waals surface area contributed by atoms with Crippen LogP contribution in [0.1, 0.15) is 41.3 Å². The van der Waals surface area contributed by atoms with Crippen LogP contribution in [0.15, 0.2) is 54.6 Å². The van der Waals surface area contributed by atoms with Crippen molar-refractivity contribution in [2.24, 2.45) is 0 Å². The van der Waals surface area contributed by atoms with Gasteiger partial charge in [0.05, 0.1) is 12.0 Å². The average Bonchev–Trinajstić information content (AvgIpc) is 2.55. The van der Waals surface area contributed by atoms with Gasteiger partial charge in [0.2, 0.25) is 5.91 Å². The second kappa shape index (κ2) is 7.58. The summed E-state index contributed by atoms with van der Waals surface area (Å²) in [5.41, 5.74) is 1.86. The summed E-state index contributed by atoms with van der Waals surface area (Å²) in [4.78, 5) is 23.4. The molecule has 0 aromatic heterocycles. The molecule has 2 aromatic carbocycles. The molecular formula is C19H21NO3. The number of hydrogen-bond acceptors (Lipinski definition) is 2. The average molecular weight is 311 g/mol. The van der Waals surface area contributed by atoms with Crippen LogP contribution in [-0.2, 0) is 11.2 Å². The molecule has 0 heterocycles. The van der Waals surface area contributed by atoms with Crippen LogP contribution in [0.5, 0.6) is 0 Å². The molecule has 2 unspecified atom stereocenters. The van der Waals surface area contributed by atoms with Crippen molar-refractivity contribution in [3.63, 3.8) is 0 Å². The summed E-state index contributed by atoms with van der Waals surface area (Å²) in [7, 11) is 0. The molecule has 0 radical (unpaired) electrons. The van der Waals surface area contributed by atoms with Crippen molar-refractivity contribution in [3.05, 3.63) is 71.3 Å². The Kier molecular flexibility index (Phi) is 5.52. The highest BCUT2D eigenvalue weighted by Crippen LogP contribution is 2.18. The molecule has 0 fully saturated rings. The van der Waals surface area contributed by atoms with Crippen LogP contribution in [0.25, 0.3) is 0 Å². The van der Waals surface area contributed by atoms with E-state index in [2.05, 4.69) is 12.2 Å². The molecule has 0 spiro atoms. The zero-order chi connectivity index (χ0) is 16.8. The standard InChI is InChI=1S/C19H21NO3/c1-13(15-8-4-3-5-9-15)14(2)20-18(21)12-16-10-6-7-11-17(16)19(22)23/h3-11,13-14H,12H2,1-2H3,(H,20,21)(H,22,23). The zero-order valence-corrected chi connectivity index (χ0v) is 13.3. The third-order valence-corrected chi connectivity index (χ3v) is 4.06. The molecule has 2 rings (SSSR count). The lowest BCUT2D eigenvalue weighted by Crippen LogP contribution is -2.37. The van der Waals surface area contributed by atoms with Gasteiger partial charge in [-0.2, -0.15) is 0 Å². The molecule has 4 nitrogen and oxygen atoms in total. The minimum Gasteiger partial charge on any atom is -0.478 e. The Bertz CT molecular complexity index is 682. The van der Waals surface area contributed by atoms with Crippen LogP contribution in [0.3, 0.4) is 0 Å². The summed E-state index contributed by atoms with van der Waals surface area (Å²) < 4.78 is 0. The fraction of sp³-hybridized carbons (Fsp3) is 0.263. The van der Waals surface area contributed by atoms with E-state index in [1.807, 2.05) is 37.3 Å². The van der Waals surface area contributed by atoms with E-state index < -0.39 is 5.97 Å². The number of benzene rings is 2. The smallest absolute Gasteiger partial charge is 0.335 e. The van der Waals surface area contributed by atoms with Crippen molar-refractivity contribution in [1.29, 1.82) is 0 Å². The number of hydrogen-bond donors (Lipinski definition) is 2. The van der Waals surface area contributed by atoms with E-state index >= 15 is 0 Å². The minimum absolute atomic E-state index is 0.0399. The van der Waals surface area contributed by atoms with E-state index in [-0.39, 0.29) is 29.9 Å². The molecule has 1 amide bonds. The molecule has 0 aliphatic heterocycles. The first-order valence-electron chi connectivity index (χ1n) is 7.64. The third-order valence-electron chi connectivity index (χ3n) is 4.06. The SMILES string of the molecule is CC(NC(=O)Cc1ccccc1C(=O)O)C(C)c1ccccc1. The van der Waals surface area contributed by atoms with Crippen LogP contribution >= 0.6 is 0 Å². The van der Waals surface area contributed by atoms with Crippen LogP contribution < -0.4 is 5.32 Å². The number of aromatic carboxylic acids is 1. The fourth-order valence-electron chi connectivity index (χ4n) is 2.53. The quantitative estimate of drug-likeness (QED) is 0.860. The normalized spacial score (nSPS) is 13.1. The Morgan fingerprint density at radius 1 is 1.00 bits per heavy atom. The van der Waals surface area contributed by atoms with Crippen LogP contribution in [-0.4, -0.2) is 23.0 Å². The Hall–Kier alpha value is -2.62. The molecular weight excluding hydrogens is 290 g/mol. The molecule has 0 saturated carbocycles.